The summed E-state index contributed by atoms with van der Waals surface area (Å²) in [4.78, 5) is 12.2. The first kappa shape index (κ1) is 19.7. The van der Waals surface area contributed by atoms with Gasteiger partial charge in [0.2, 0.25) is 5.91 Å². The minimum Gasteiger partial charge on any atom is -0.355 e. The highest BCUT2D eigenvalue weighted by Gasteiger charge is 2.14. The van der Waals surface area contributed by atoms with Crippen LogP contribution < -0.4 is 5.32 Å². The van der Waals surface area contributed by atoms with Crippen LogP contribution in [0.15, 0.2) is 41.1 Å². The van der Waals surface area contributed by atoms with Crippen LogP contribution in [0.4, 0.5) is 0 Å². The van der Waals surface area contributed by atoms with Crippen LogP contribution in [-0.4, -0.2) is 33.0 Å². The van der Waals surface area contributed by atoms with E-state index >= 15 is 0 Å². The van der Waals surface area contributed by atoms with Gasteiger partial charge in [0.15, 0.2) is 11.0 Å². The predicted molar refractivity (Wildman–Crippen MR) is 111 cm³/mol. The smallest absolute Gasteiger partial charge is 0.230 e. The number of nitrogens with zero attached hydrogens (tertiary/aromatic N) is 3. The summed E-state index contributed by atoms with van der Waals surface area (Å²) < 4.78 is 2.07. The molecule has 0 radical (unpaired) electrons. The lowest BCUT2D eigenvalue weighted by atomic mass is 9.97. The Labute approximate surface area is 165 Å². The Hall–Kier alpha value is -2.08. The van der Waals surface area contributed by atoms with E-state index in [1.54, 1.807) is 0 Å². The number of aryl methyl sites for hydroxylation is 1. The number of amides is 1. The van der Waals surface area contributed by atoms with Gasteiger partial charge in [0.1, 0.15) is 0 Å². The van der Waals surface area contributed by atoms with Gasteiger partial charge < -0.3 is 9.88 Å². The van der Waals surface area contributed by atoms with E-state index in [1.807, 2.05) is 12.1 Å². The van der Waals surface area contributed by atoms with E-state index in [4.69, 9.17) is 0 Å². The second-order valence-corrected chi connectivity index (χ2v) is 7.86. The summed E-state index contributed by atoms with van der Waals surface area (Å²) in [6, 6.07) is 8.25. The molecule has 1 aliphatic rings. The molecule has 0 bridgehead atoms. The molecule has 1 aromatic heterocycles. The summed E-state index contributed by atoms with van der Waals surface area (Å²) in [5.41, 5.74) is 3.74. The van der Waals surface area contributed by atoms with Gasteiger partial charge in [0, 0.05) is 18.7 Å². The Kier molecular flexibility index (Phi) is 7.10. The topological polar surface area (TPSA) is 59.8 Å². The molecular weight excluding hydrogens is 356 g/mol. The molecule has 0 aliphatic heterocycles. The first-order chi connectivity index (χ1) is 13.2. The molecule has 5 nitrogen and oxygen atoms in total. The van der Waals surface area contributed by atoms with E-state index in [2.05, 4.69) is 52.1 Å². The van der Waals surface area contributed by atoms with Gasteiger partial charge in [-0.25, -0.2) is 0 Å². The van der Waals surface area contributed by atoms with Crippen molar-refractivity contribution < 1.29 is 4.79 Å². The molecule has 6 heteroatoms. The van der Waals surface area contributed by atoms with Gasteiger partial charge in [0.25, 0.3) is 0 Å². The lowest BCUT2D eigenvalue weighted by molar-refractivity contribution is -0.118. The number of rotatable bonds is 8. The highest BCUT2D eigenvalue weighted by Crippen LogP contribution is 2.24. The highest BCUT2D eigenvalue weighted by molar-refractivity contribution is 7.99. The van der Waals surface area contributed by atoms with Gasteiger partial charge in [-0.05, 0) is 52.0 Å². The van der Waals surface area contributed by atoms with Crippen LogP contribution in [0.25, 0.3) is 11.4 Å². The molecule has 144 valence electrons. The zero-order valence-corrected chi connectivity index (χ0v) is 17.0. The molecule has 1 heterocycles. The maximum atomic E-state index is 12.2. The molecule has 2 aromatic rings. The minimum atomic E-state index is 0.0548. The van der Waals surface area contributed by atoms with Gasteiger partial charge in [-0.2, -0.15) is 0 Å². The largest absolute Gasteiger partial charge is 0.355 e. The predicted octanol–water partition coefficient (Wildman–Crippen LogP) is 4.37. The Morgan fingerprint density at radius 1 is 1.30 bits per heavy atom. The van der Waals surface area contributed by atoms with Crippen LogP contribution in [-0.2, 0) is 11.3 Å². The second-order valence-electron chi connectivity index (χ2n) is 6.92. The van der Waals surface area contributed by atoms with Gasteiger partial charge >= 0.3 is 0 Å². The van der Waals surface area contributed by atoms with Crippen molar-refractivity contribution >= 4 is 17.7 Å². The number of benzene rings is 1. The Morgan fingerprint density at radius 3 is 2.93 bits per heavy atom. The maximum Gasteiger partial charge on any atom is 0.230 e. The number of aromatic nitrogens is 3. The molecule has 0 fully saturated rings. The van der Waals surface area contributed by atoms with Crippen LogP contribution in [0.2, 0.25) is 0 Å². The van der Waals surface area contributed by atoms with Crippen LogP contribution in [0.1, 0.15) is 44.6 Å². The monoisotopic (exact) mass is 384 g/mol. The molecule has 1 N–H and O–H groups in total. The first-order valence-electron chi connectivity index (χ1n) is 9.75. The third-order valence-corrected chi connectivity index (χ3v) is 5.76. The second kappa shape index (κ2) is 9.74. The van der Waals surface area contributed by atoms with E-state index in [-0.39, 0.29) is 5.91 Å². The molecule has 1 aromatic carbocycles. The molecule has 27 heavy (non-hydrogen) atoms. The Morgan fingerprint density at radius 2 is 2.19 bits per heavy atom. The lowest BCUT2D eigenvalue weighted by Gasteiger charge is -2.13. The van der Waals surface area contributed by atoms with Crippen LogP contribution >= 0.6 is 11.8 Å². The van der Waals surface area contributed by atoms with Crippen LogP contribution in [0, 0.1) is 6.92 Å². The molecule has 0 saturated heterocycles. The number of hydrogen-bond acceptors (Lipinski definition) is 4. The maximum absolute atomic E-state index is 12.2. The van der Waals surface area contributed by atoms with Crippen molar-refractivity contribution in [1.82, 2.24) is 20.1 Å². The van der Waals surface area contributed by atoms with Crippen molar-refractivity contribution in [3.63, 3.8) is 0 Å². The normalized spacial score (nSPS) is 14.1. The van der Waals surface area contributed by atoms with E-state index in [0.29, 0.717) is 5.75 Å². The van der Waals surface area contributed by atoms with E-state index in [0.717, 1.165) is 36.1 Å². The van der Waals surface area contributed by atoms with Crippen molar-refractivity contribution in [2.75, 3.05) is 12.3 Å². The zero-order chi connectivity index (χ0) is 19.1. The fourth-order valence-corrected chi connectivity index (χ4v) is 4.19. The van der Waals surface area contributed by atoms with Crippen molar-refractivity contribution in [2.24, 2.45) is 0 Å². The highest BCUT2D eigenvalue weighted by atomic mass is 32.2. The fourth-order valence-electron chi connectivity index (χ4n) is 3.35. The molecule has 1 amide bonds. The van der Waals surface area contributed by atoms with Gasteiger partial charge in [-0.1, -0.05) is 47.2 Å². The average Bonchev–Trinajstić information content (AvgIpc) is 3.10. The molecule has 3 rings (SSSR count). The van der Waals surface area contributed by atoms with E-state index < -0.39 is 0 Å². The minimum absolute atomic E-state index is 0.0548. The summed E-state index contributed by atoms with van der Waals surface area (Å²) in [6.45, 7) is 5.64. The number of thioether (sulfide) groups is 1. The molecular formula is C21H28N4OS. The molecule has 1 aliphatic carbocycles. The molecule has 0 saturated carbocycles. The summed E-state index contributed by atoms with van der Waals surface area (Å²) in [5.74, 6) is 1.28. The standard InChI is InChI=1S/C21H28N4OS/c1-3-25-20(18-11-7-8-16(2)14-18)23-24-21(25)27-15-19(26)22-13-12-17-9-5-4-6-10-17/h7-9,11,14H,3-6,10,12-13,15H2,1-2H3,(H,22,26). The number of hydrogen-bond donors (Lipinski definition) is 1. The van der Waals surface area contributed by atoms with Crippen molar-refractivity contribution in [3.05, 3.63) is 41.5 Å². The Balaban J connectivity index is 1.53. The van der Waals surface area contributed by atoms with Gasteiger partial charge in [0.05, 0.1) is 5.75 Å². The van der Waals surface area contributed by atoms with Crippen molar-refractivity contribution in [2.45, 2.75) is 57.7 Å². The molecule has 0 spiro atoms. The summed E-state index contributed by atoms with van der Waals surface area (Å²) in [5, 5.41) is 12.5. The van der Waals surface area contributed by atoms with Crippen molar-refractivity contribution in [3.8, 4) is 11.4 Å². The third kappa shape index (κ3) is 5.45. The van der Waals surface area contributed by atoms with E-state index in [9.17, 15) is 4.79 Å². The zero-order valence-electron chi connectivity index (χ0n) is 16.2. The summed E-state index contributed by atoms with van der Waals surface area (Å²) in [7, 11) is 0. The van der Waals surface area contributed by atoms with Gasteiger partial charge in [-0.3, -0.25) is 4.79 Å². The summed E-state index contributed by atoms with van der Waals surface area (Å²) >= 11 is 1.45. The fraction of sp³-hybridized carbons (Fsp3) is 0.476. The van der Waals surface area contributed by atoms with Crippen LogP contribution in [0.5, 0.6) is 0 Å². The number of allylic oxidation sites excluding steroid dienone is 1. The van der Waals surface area contributed by atoms with Crippen LogP contribution in [0.3, 0.4) is 0 Å². The number of carbonyl (C=O) groups excluding carboxylic acids is 1. The number of nitrogens with one attached hydrogen (secondary N) is 1. The first-order valence-corrected chi connectivity index (χ1v) is 10.7. The summed E-state index contributed by atoms with van der Waals surface area (Å²) in [6.07, 6.45) is 8.27. The quantitative estimate of drug-likeness (QED) is 0.542. The molecule has 0 unspecified atom stereocenters. The van der Waals surface area contributed by atoms with E-state index in [1.165, 1.54) is 48.6 Å². The number of carbonyl (C=O) groups is 1. The third-order valence-electron chi connectivity index (χ3n) is 4.80. The average molecular weight is 385 g/mol. The molecule has 0 atom stereocenters. The van der Waals surface area contributed by atoms with Crippen molar-refractivity contribution in [1.29, 1.82) is 0 Å². The lowest BCUT2D eigenvalue weighted by Crippen LogP contribution is -2.26. The Bertz CT molecular complexity index is 812. The van der Waals surface area contributed by atoms with Gasteiger partial charge in [-0.15, -0.1) is 10.2 Å². The SMILES string of the molecule is CCn1c(SCC(=O)NCCC2=CCCCC2)nnc1-c1cccc(C)c1.